The van der Waals surface area contributed by atoms with E-state index in [-0.39, 0.29) is 12.0 Å². The maximum absolute atomic E-state index is 13.1. The van der Waals surface area contributed by atoms with Gasteiger partial charge in [0.05, 0.1) is 19.3 Å². The Morgan fingerprint density at radius 3 is 2.37 bits per heavy atom. The predicted octanol–water partition coefficient (Wildman–Crippen LogP) is 4.68. The molecule has 1 unspecified atom stereocenters. The maximum Gasteiger partial charge on any atom is 0.335 e. The monoisotopic (exact) mass is 482 g/mol. The van der Waals surface area contributed by atoms with Gasteiger partial charge in [0.1, 0.15) is 30.0 Å². The lowest BCUT2D eigenvalue weighted by molar-refractivity contribution is -0.136. The highest BCUT2D eigenvalue weighted by atomic mass is 16.5. The van der Waals surface area contributed by atoms with Gasteiger partial charge in [0, 0.05) is 31.4 Å². The van der Waals surface area contributed by atoms with Crippen LogP contribution in [0.25, 0.3) is 0 Å². The van der Waals surface area contributed by atoms with Crippen molar-refractivity contribution in [3.05, 3.63) is 71.4 Å². The molecule has 0 saturated carbocycles. The van der Waals surface area contributed by atoms with Crippen LogP contribution in [0.5, 0.6) is 11.5 Å². The van der Waals surface area contributed by atoms with Crippen LogP contribution in [0.15, 0.2) is 65.3 Å². The van der Waals surface area contributed by atoms with Crippen LogP contribution in [0.1, 0.15) is 49.5 Å². The van der Waals surface area contributed by atoms with Crippen LogP contribution in [0.4, 0.5) is 0 Å². The van der Waals surface area contributed by atoms with E-state index in [0.29, 0.717) is 54.5 Å². The van der Waals surface area contributed by atoms with Crippen molar-refractivity contribution in [3.8, 4) is 11.5 Å². The molecule has 0 aliphatic carbocycles. The number of nitrogens with one attached hydrogen (secondary N) is 1. The van der Waals surface area contributed by atoms with Gasteiger partial charge < -0.3 is 24.3 Å². The van der Waals surface area contributed by atoms with Gasteiger partial charge in [-0.2, -0.15) is 0 Å². The van der Waals surface area contributed by atoms with Gasteiger partial charge in [-0.15, -0.1) is 0 Å². The first-order valence-electron chi connectivity index (χ1n) is 11.5. The molecule has 2 rings (SSSR count). The van der Waals surface area contributed by atoms with E-state index in [9.17, 15) is 9.59 Å². The van der Waals surface area contributed by atoms with Crippen LogP contribution in [0.2, 0.25) is 0 Å². The van der Waals surface area contributed by atoms with Gasteiger partial charge >= 0.3 is 5.97 Å². The Labute approximate surface area is 206 Å². The Bertz CT molecular complexity index is 1030. The smallest absolute Gasteiger partial charge is 0.335 e. The van der Waals surface area contributed by atoms with Gasteiger partial charge in [0.2, 0.25) is 0 Å². The number of rotatable bonds is 12. The molecule has 0 aromatic heterocycles. The fourth-order valence-corrected chi connectivity index (χ4v) is 3.09. The zero-order valence-corrected chi connectivity index (χ0v) is 21.0. The van der Waals surface area contributed by atoms with Crippen LogP contribution < -0.4 is 14.8 Å². The summed E-state index contributed by atoms with van der Waals surface area (Å²) in [5, 5.41) is 2.80. The molecule has 8 nitrogen and oxygen atoms in total. The minimum Gasteiger partial charge on any atom is -0.489 e. The molecule has 0 fully saturated rings. The molecule has 0 spiro atoms. The Hall–Kier alpha value is -3.65. The van der Waals surface area contributed by atoms with Crippen LogP contribution in [0, 0.1) is 0 Å². The molecular weight excluding hydrogens is 448 g/mol. The van der Waals surface area contributed by atoms with Crippen LogP contribution >= 0.6 is 0 Å². The van der Waals surface area contributed by atoms with Crippen molar-refractivity contribution in [1.82, 2.24) is 5.32 Å². The molecule has 8 heteroatoms. The number of carbonyl (C=O) groups is 2. The summed E-state index contributed by atoms with van der Waals surface area (Å²) >= 11 is 0. The van der Waals surface area contributed by atoms with E-state index in [4.69, 9.17) is 18.9 Å². The number of amides is 1. The Morgan fingerprint density at radius 1 is 1.03 bits per heavy atom. The summed E-state index contributed by atoms with van der Waals surface area (Å²) in [7, 11) is 2.92. The van der Waals surface area contributed by atoms with Crippen molar-refractivity contribution in [3.63, 3.8) is 0 Å². The number of amidine groups is 1. The van der Waals surface area contributed by atoms with Gasteiger partial charge in [-0.05, 0) is 31.0 Å². The first-order valence-corrected chi connectivity index (χ1v) is 11.5. The highest BCUT2D eigenvalue weighted by molar-refractivity contribution is 6.07. The van der Waals surface area contributed by atoms with E-state index < -0.39 is 5.97 Å². The number of carbonyl (C=O) groups excluding carboxylic acids is 2. The molecule has 1 amide bonds. The lowest BCUT2D eigenvalue weighted by atomic mass is 10.1. The predicted molar refractivity (Wildman–Crippen MR) is 135 cm³/mol. The number of hydrogen-bond acceptors (Lipinski definition) is 7. The summed E-state index contributed by atoms with van der Waals surface area (Å²) in [6.45, 7) is 6.31. The maximum atomic E-state index is 13.1. The second-order valence-electron chi connectivity index (χ2n) is 7.73. The summed E-state index contributed by atoms with van der Waals surface area (Å²) in [4.78, 5) is 29.1. The van der Waals surface area contributed by atoms with E-state index in [0.717, 1.165) is 5.56 Å². The third-order valence-electron chi connectivity index (χ3n) is 4.93. The number of esters is 1. The first-order chi connectivity index (χ1) is 16.9. The second kappa shape index (κ2) is 14.6. The Morgan fingerprint density at radius 2 is 1.74 bits per heavy atom. The summed E-state index contributed by atoms with van der Waals surface area (Å²) in [5.74, 6) is 0.572. The minimum atomic E-state index is -0.451. The molecule has 188 valence electrons. The average Bonchev–Trinajstić information content (AvgIpc) is 2.87. The molecule has 0 saturated heterocycles. The van der Waals surface area contributed by atoms with E-state index >= 15 is 0 Å². The third-order valence-corrected chi connectivity index (χ3v) is 4.93. The van der Waals surface area contributed by atoms with Crippen molar-refractivity contribution in [1.29, 1.82) is 0 Å². The summed E-state index contributed by atoms with van der Waals surface area (Å²) < 4.78 is 21.8. The van der Waals surface area contributed by atoms with E-state index in [1.807, 2.05) is 51.1 Å². The van der Waals surface area contributed by atoms with Gasteiger partial charge in [-0.3, -0.25) is 4.79 Å². The summed E-state index contributed by atoms with van der Waals surface area (Å²) in [6.07, 6.45) is 2.12. The number of aliphatic imine (C=N–C) groups is 1. The fourth-order valence-electron chi connectivity index (χ4n) is 3.09. The fraction of sp³-hybridized carbons (Fsp3) is 0.370. The van der Waals surface area contributed by atoms with Crippen molar-refractivity contribution < 1.29 is 28.5 Å². The van der Waals surface area contributed by atoms with E-state index in [1.165, 1.54) is 13.3 Å². The largest absolute Gasteiger partial charge is 0.489 e. The molecule has 0 bridgehead atoms. The van der Waals surface area contributed by atoms with Crippen molar-refractivity contribution >= 4 is 17.7 Å². The van der Waals surface area contributed by atoms with E-state index in [1.54, 1.807) is 25.3 Å². The lowest BCUT2D eigenvalue weighted by Crippen LogP contribution is -2.30. The molecule has 1 N–H and O–H groups in total. The standard InChI is InChI=1S/C27H34N2O6/c1-6-21(27(31)33-5)16-28-25(7-2)29-26(30)22-13-23(34-18-20-11-9-8-10-12-20)15-24(14-22)35-19(3)17-32-4/h8-16,19H,6-7,17-18H2,1-5H3,(H,28,29,30)/b21-16+. The van der Waals surface area contributed by atoms with Gasteiger partial charge in [0.15, 0.2) is 0 Å². The molecule has 0 aliphatic heterocycles. The number of methoxy groups -OCH3 is 2. The normalized spacial score (nSPS) is 12.6. The number of benzene rings is 2. The number of nitrogens with zero attached hydrogens (tertiary/aromatic N) is 1. The quantitative estimate of drug-likeness (QED) is 0.204. The molecule has 1 atom stereocenters. The van der Waals surface area contributed by atoms with Crippen molar-refractivity contribution in [2.45, 2.75) is 46.3 Å². The Kier molecular flexibility index (Phi) is 11.5. The van der Waals surface area contributed by atoms with Crippen LogP contribution in [-0.2, 0) is 20.9 Å². The summed E-state index contributed by atoms with van der Waals surface area (Å²) in [5.41, 5.74) is 1.76. The van der Waals surface area contributed by atoms with Gasteiger partial charge in [-0.25, -0.2) is 9.79 Å². The molecule has 0 aliphatic rings. The second-order valence-corrected chi connectivity index (χ2v) is 7.73. The molecule has 2 aromatic rings. The van der Waals surface area contributed by atoms with Gasteiger partial charge in [0.25, 0.3) is 5.91 Å². The molecule has 0 heterocycles. The zero-order chi connectivity index (χ0) is 25.6. The SMILES string of the molecule is CCC(=N/C=C(\CC)C(=O)OC)NC(=O)c1cc(OCc2ccccc2)cc(OC(C)COC)c1. The summed E-state index contributed by atoms with van der Waals surface area (Å²) in [6, 6.07) is 14.8. The van der Waals surface area contributed by atoms with Gasteiger partial charge in [-0.1, -0.05) is 44.2 Å². The zero-order valence-electron chi connectivity index (χ0n) is 21.0. The average molecular weight is 483 g/mol. The van der Waals surface area contributed by atoms with Crippen LogP contribution in [-0.4, -0.2) is 44.6 Å². The minimum absolute atomic E-state index is 0.219. The first kappa shape index (κ1) is 27.6. The highest BCUT2D eigenvalue weighted by Crippen LogP contribution is 2.25. The van der Waals surface area contributed by atoms with Crippen molar-refractivity contribution in [2.24, 2.45) is 4.99 Å². The third kappa shape index (κ3) is 9.25. The number of hydrogen-bond donors (Lipinski definition) is 1. The Balaban J connectivity index is 2.27. The van der Waals surface area contributed by atoms with Crippen molar-refractivity contribution in [2.75, 3.05) is 20.8 Å². The van der Waals surface area contributed by atoms with Crippen LogP contribution in [0.3, 0.4) is 0 Å². The highest BCUT2D eigenvalue weighted by Gasteiger charge is 2.14. The molecular formula is C27H34N2O6. The topological polar surface area (TPSA) is 95.5 Å². The number of ether oxygens (including phenoxy) is 4. The molecule has 2 aromatic carbocycles. The molecule has 0 radical (unpaired) electrons. The lowest BCUT2D eigenvalue weighted by Gasteiger charge is -2.16. The van der Waals surface area contributed by atoms with E-state index in [2.05, 4.69) is 10.3 Å². The molecule has 35 heavy (non-hydrogen) atoms.